The van der Waals surface area contributed by atoms with Crippen molar-refractivity contribution in [3.8, 4) is 0 Å². The lowest BCUT2D eigenvalue weighted by molar-refractivity contribution is -0.135. The van der Waals surface area contributed by atoms with Crippen LogP contribution < -0.4 is 0 Å². The predicted molar refractivity (Wildman–Crippen MR) is 113 cm³/mol. The Labute approximate surface area is 176 Å². The van der Waals surface area contributed by atoms with Crippen molar-refractivity contribution >= 4 is 23.6 Å². The second-order valence-electron chi connectivity index (χ2n) is 7.52. The number of carbonyl (C=O) groups excluding carboxylic acids is 2. The van der Waals surface area contributed by atoms with Crippen molar-refractivity contribution in [2.75, 3.05) is 19.7 Å². The van der Waals surface area contributed by atoms with Crippen molar-refractivity contribution in [2.45, 2.75) is 44.5 Å². The van der Waals surface area contributed by atoms with Crippen molar-refractivity contribution < 1.29 is 14.3 Å². The third kappa shape index (κ3) is 6.03. The number of nitrogens with zero attached hydrogens (tertiary/aromatic N) is 3. The van der Waals surface area contributed by atoms with E-state index in [1.165, 1.54) is 11.8 Å². The van der Waals surface area contributed by atoms with Gasteiger partial charge < -0.3 is 9.64 Å². The molecule has 0 atom stereocenters. The number of aromatic nitrogens is 2. The third-order valence-electron chi connectivity index (χ3n) is 5.02. The van der Waals surface area contributed by atoms with E-state index in [1.807, 2.05) is 32.0 Å². The fourth-order valence-electron chi connectivity index (χ4n) is 3.30. The summed E-state index contributed by atoms with van der Waals surface area (Å²) in [6.07, 6.45) is 2.00. The molecule has 1 fully saturated rings. The van der Waals surface area contributed by atoms with Crippen molar-refractivity contribution in [3.63, 3.8) is 0 Å². The summed E-state index contributed by atoms with van der Waals surface area (Å²) in [6.45, 7) is 7.32. The van der Waals surface area contributed by atoms with Gasteiger partial charge in [-0.1, -0.05) is 36.9 Å². The molecule has 29 heavy (non-hydrogen) atoms. The van der Waals surface area contributed by atoms with Gasteiger partial charge in [-0.05, 0) is 50.3 Å². The van der Waals surface area contributed by atoms with E-state index in [1.54, 1.807) is 17.0 Å². The number of aryl methyl sites for hydroxylation is 2. The molecule has 1 amide bonds. The number of ether oxygens (including phenoxy) is 1. The van der Waals surface area contributed by atoms with Crippen LogP contribution >= 0.6 is 11.8 Å². The van der Waals surface area contributed by atoms with Crippen LogP contribution in [-0.2, 0) is 15.3 Å². The number of esters is 1. The highest BCUT2D eigenvalue weighted by Crippen LogP contribution is 2.23. The molecule has 0 radical (unpaired) electrons. The highest BCUT2D eigenvalue weighted by molar-refractivity contribution is 7.98. The smallest absolute Gasteiger partial charge is 0.338 e. The Morgan fingerprint density at radius 1 is 1.14 bits per heavy atom. The van der Waals surface area contributed by atoms with Crippen molar-refractivity contribution in [3.05, 3.63) is 52.8 Å². The van der Waals surface area contributed by atoms with E-state index in [4.69, 9.17) is 4.74 Å². The number of likely N-dealkylation sites (tertiary alicyclic amines) is 1. The molecule has 0 unspecified atom stereocenters. The Bertz CT molecular complexity index is 859. The molecular formula is C22H27N3O3S. The lowest BCUT2D eigenvalue weighted by atomic mass is 9.99. The normalized spacial score (nSPS) is 14.7. The predicted octanol–water partition coefficient (Wildman–Crippen LogP) is 3.80. The summed E-state index contributed by atoms with van der Waals surface area (Å²) in [5.74, 6) is 0.598. The summed E-state index contributed by atoms with van der Waals surface area (Å²) in [5, 5.41) is 0.681. The van der Waals surface area contributed by atoms with Gasteiger partial charge in [-0.25, -0.2) is 14.8 Å². The van der Waals surface area contributed by atoms with E-state index in [0.717, 1.165) is 42.9 Å². The van der Waals surface area contributed by atoms with Gasteiger partial charge in [0.25, 0.3) is 5.91 Å². The first-order chi connectivity index (χ1) is 13.9. The molecule has 1 aliphatic heterocycles. The number of benzene rings is 1. The molecule has 154 valence electrons. The van der Waals surface area contributed by atoms with Gasteiger partial charge in [0.2, 0.25) is 0 Å². The molecule has 0 N–H and O–H groups in total. The van der Waals surface area contributed by atoms with Crippen LogP contribution in [0.3, 0.4) is 0 Å². The molecule has 6 nitrogen and oxygen atoms in total. The summed E-state index contributed by atoms with van der Waals surface area (Å²) in [4.78, 5) is 35.6. The molecule has 2 heterocycles. The van der Waals surface area contributed by atoms with Gasteiger partial charge in [0, 0.05) is 30.2 Å². The SMILES string of the molecule is Cc1cc(C)nc(SCc2ccccc2C(=O)OCC(=O)N2CCC(C)CC2)n1. The fourth-order valence-corrected chi connectivity index (χ4v) is 4.25. The summed E-state index contributed by atoms with van der Waals surface area (Å²) < 4.78 is 5.33. The number of piperidine rings is 1. The van der Waals surface area contributed by atoms with E-state index in [2.05, 4.69) is 16.9 Å². The fraction of sp³-hybridized carbons (Fsp3) is 0.455. The average Bonchev–Trinajstić information content (AvgIpc) is 2.70. The molecule has 3 rings (SSSR count). The monoisotopic (exact) mass is 413 g/mol. The van der Waals surface area contributed by atoms with Gasteiger partial charge in [-0.3, -0.25) is 4.79 Å². The first-order valence-electron chi connectivity index (χ1n) is 9.90. The minimum absolute atomic E-state index is 0.124. The summed E-state index contributed by atoms with van der Waals surface area (Å²) in [7, 11) is 0. The van der Waals surface area contributed by atoms with Crippen molar-refractivity contribution in [1.29, 1.82) is 0 Å². The standard InChI is InChI=1S/C22H27N3O3S/c1-15-8-10-25(11-9-15)20(26)13-28-21(27)19-7-5-4-6-18(19)14-29-22-23-16(2)12-17(3)24-22/h4-7,12,15H,8-11,13-14H2,1-3H3. The van der Waals surface area contributed by atoms with Gasteiger partial charge in [-0.2, -0.15) is 0 Å². The second kappa shape index (κ2) is 9.87. The Hall–Kier alpha value is -2.41. The molecule has 1 aliphatic rings. The van der Waals surface area contributed by atoms with Gasteiger partial charge in [0.15, 0.2) is 11.8 Å². The molecule has 1 saturated heterocycles. The highest BCUT2D eigenvalue weighted by Gasteiger charge is 2.22. The number of rotatable bonds is 6. The van der Waals surface area contributed by atoms with Crippen molar-refractivity contribution in [2.24, 2.45) is 5.92 Å². The Morgan fingerprint density at radius 2 is 1.79 bits per heavy atom. The molecule has 0 bridgehead atoms. The molecule has 0 aliphatic carbocycles. The van der Waals surface area contributed by atoms with Crippen LogP contribution in [-0.4, -0.2) is 46.4 Å². The maximum atomic E-state index is 12.6. The number of carbonyl (C=O) groups is 2. The quantitative estimate of drug-likeness (QED) is 0.407. The summed E-state index contributed by atoms with van der Waals surface area (Å²) >= 11 is 1.48. The van der Waals surface area contributed by atoms with Gasteiger partial charge in [0.1, 0.15) is 0 Å². The first-order valence-corrected chi connectivity index (χ1v) is 10.9. The minimum Gasteiger partial charge on any atom is -0.452 e. The van der Waals surface area contributed by atoms with E-state index in [-0.39, 0.29) is 12.5 Å². The number of hydrogen-bond donors (Lipinski definition) is 0. The molecular weight excluding hydrogens is 386 g/mol. The molecule has 1 aromatic heterocycles. The van der Waals surface area contributed by atoms with Gasteiger partial charge >= 0.3 is 5.97 Å². The molecule has 7 heteroatoms. The summed E-state index contributed by atoms with van der Waals surface area (Å²) in [6, 6.07) is 9.23. The topological polar surface area (TPSA) is 72.4 Å². The molecule has 2 aromatic rings. The molecule has 0 spiro atoms. The zero-order valence-electron chi connectivity index (χ0n) is 17.2. The van der Waals surface area contributed by atoms with Crippen LogP contribution in [0.5, 0.6) is 0 Å². The number of thioether (sulfide) groups is 1. The van der Waals surface area contributed by atoms with Crippen molar-refractivity contribution in [1.82, 2.24) is 14.9 Å². The Kier molecular flexibility index (Phi) is 7.25. The van der Waals surface area contributed by atoms with E-state index >= 15 is 0 Å². The zero-order valence-corrected chi connectivity index (χ0v) is 18.0. The Morgan fingerprint density at radius 3 is 2.48 bits per heavy atom. The van der Waals surface area contributed by atoms with Crippen LogP contribution in [0.4, 0.5) is 0 Å². The van der Waals surface area contributed by atoms with Crippen LogP contribution in [0.25, 0.3) is 0 Å². The third-order valence-corrected chi connectivity index (χ3v) is 5.92. The maximum Gasteiger partial charge on any atom is 0.338 e. The van der Waals surface area contributed by atoms with Crippen LogP contribution in [0.2, 0.25) is 0 Å². The average molecular weight is 414 g/mol. The van der Waals surface area contributed by atoms with Crippen LogP contribution in [0.1, 0.15) is 47.1 Å². The van der Waals surface area contributed by atoms with E-state index in [0.29, 0.717) is 22.4 Å². The number of hydrogen-bond acceptors (Lipinski definition) is 6. The Balaban J connectivity index is 1.59. The lowest BCUT2D eigenvalue weighted by Crippen LogP contribution is -2.40. The maximum absolute atomic E-state index is 12.6. The van der Waals surface area contributed by atoms with Crippen LogP contribution in [0, 0.1) is 19.8 Å². The second-order valence-corrected chi connectivity index (χ2v) is 8.46. The minimum atomic E-state index is -0.471. The van der Waals surface area contributed by atoms with Gasteiger partial charge in [-0.15, -0.1) is 0 Å². The van der Waals surface area contributed by atoms with Gasteiger partial charge in [0.05, 0.1) is 5.56 Å². The summed E-state index contributed by atoms with van der Waals surface area (Å²) in [5.41, 5.74) is 3.14. The lowest BCUT2D eigenvalue weighted by Gasteiger charge is -2.30. The largest absolute Gasteiger partial charge is 0.452 e. The molecule has 0 saturated carbocycles. The number of amides is 1. The van der Waals surface area contributed by atoms with Crippen LogP contribution in [0.15, 0.2) is 35.5 Å². The zero-order chi connectivity index (χ0) is 20.8. The van der Waals surface area contributed by atoms with E-state index in [9.17, 15) is 9.59 Å². The highest BCUT2D eigenvalue weighted by atomic mass is 32.2. The molecule has 1 aromatic carbocycles. The van der Waals surface area contributed by atoms with E-state index < -0.39 is 5.97 Å². The first kappa shape index (κ1) is 21.3.